The molecule has 1 heterocycles. The van der Waals surface area contributed by atoms with E-state index in [1.165, 1.54) is 19.5 Å². The standard InChI is InChI=1S/C15H31N3O/c1-12-7-10-18(11-13(12)2)9-6-5-8-15(3,17-4)14(16)19/h12-13,17H,5-11H2,1-4H3,(H2,16,19). The Balaban J connectivity index is 2.22. The van der Waals surface area contributed by atoms with Gasteiger partial charge in [-0.05, 0) is 64.6 Å². The van der Waals surface area contributed by atoms with Crippen molar-refractivity contribution in [1.82, 2.24) is 10.2 Å². The molecule has 1 rings (SSSR count). The minimum atomic E-state index is -0.552. The van der Waals surface area contributed by atoms with Crippen LogP contribution in [0.25, 0.3) is 0 Å². The largest absolute Gasteiger partial charge is 0.368 e. The highest BCUT2D eigenvalue weighted by Crippen LogP contribution is 2.23. The van der Waals surface area contributed by atoms with Crippen LogP contribution in [0.1, 0.15) is 46.5 Å². The molecule has 0 bridgehead atoms. The lowest BCUT2D eigenvalue weighted by molar-refractivity contribution is -0.123. The second-order valence-corrected chi connectivity index (χ2v) is 6.45. The lowest BCUT2D eigenvalue weighted by atomic mass is 9.88. The molecule has 4 heteroatoms. The summed E-state index contributed by atoms with van der Waals surface area (Å²) in [5.41, 5.74) is 4.88. The highest BCUT2D eigenvalue weighted by atomic mass is 16.1. The van der Waals surface area contributed by atoms with Crippen molar-refractivity contribution in [2.45, 2.75) is 52.0 Å². The summed E-state index contributed by atoms with van der Waals surface area (Å²) in [6.07, 6.45) is 4.32. The molecule has 1 aliphatic heterocycles. The summed E-state index contributed by atoms with van der Waals surface area (Å²) in [5.74, 6) is 1.41. The first-order valence-corrected chi connectivity index (χ1v) is 7.60. The Morgan fingerprint density at radius 2 is 2.05 bits per heavy atom. The lowest BCUT2D eigenvalue weighted by Crippen LogP contribution is -2.51. The lowest BCUT2D eigenvalue weighted by Gasteiger charge is -2.35. The molecule has 0 aromatic heterocycles. The zero-order valence-electron chi connectivity index (χ0n) is 13.0. The third-order valence-electron chi connectivity index (χ3n) is 4.91. The van der Waals surface area contributed by atoms with E-state index in [2.05, 4.69) is 24.1 Å². The Labute approximate surface area is 118 Å². The molecular weight excluding hydrogens is 238 g/mol. The number of nitrogens with one attached hydrogen (secondary N) is 1. The average Bonchev–Trinajstić information content (AvgIpc) is 2.38. The van der Waals surface area contributed by atoms with Crippen LogP contribution in [0.15, 0.2) is 0 Å². The van der Waals surface area contributed by atoms with Crippen molar-refractivity contribution in [1.29, 1.82) is 0 Å². The molecule has 1 fully saturated rings. The Morgan fingerprint density at radius 3 is 2.58 bits per heavy atom. The van der Waals surface area contributed by atoms with Gasteiger partial charge in [0.2, 0.25) is 5.91 Å². The molecule has 3 unspecified atom stereocenters. The molecule has 0 radical (unpaired) electrons. The number of likely N-dealkylation sites (tertiary alicyclic amines) is 1. The molecule has 0 aliphatic carbocycles. The first-order valence-electron chi connectivity index (χ1n) is 7.60. The number of nitrogens with two attached hydrogens (primary N) is 1. The van der Waals surface area contributed by atoms with E-state index in [0.29, 0.717) is 0 Å². The van der Waals surface area contributed by atoms with Gasteiger partial charge in [0, 0.05) is 6.54 Å². The van der Waals surface area contributed by atoms with Gasteiger partial charge in [-0.3, -0.25) is 4.79 Å². The van der Waals surface area contributed by atoms with Crippen LogP contribution in [0.4, 0.5) is 0 Å². The van der Waals surface area contributed by atoms with Gasteiger partial charge in [-0.15, -0.1) is 0 Å². The van der Waals surface area contributed by atoms with Crippen molar-refractivity contribution in [3.8, 4) is 0 Å². The van der Waals surface area contributed by atoms with E-state index in [1.54, 1.807) is 7.05 Å². The van der Waals surface area contributed by atoms with Gasteiger partial charge in [-0.2, -0.15) is 0 Å². The summed E-state index contributed by atoms with van der Waals surface area (Å²) in [5, 5.41) is 3.04. The predicted octanol–water partition coefficient (Wildman–Crippen LogP) is 1.60. The highest BCUT2D eigenvalue weighted by molar-refractivity contribution is 5.84. The summed E-state index contributed by atoms with van der Waals surface area (Å²) in [6.45, 7) is 10.2. The highest BCUT2D eigenvalue weighted by Gasteiger charge is 2.28. The number of primary amides is 1. The van der Waals surface area contributed by atoms with Crippen molar-refractivity contribution < 1.29 is 4.79 Å². The number of unbranched alkanes of at least 4 members (excludes halogenated alkanes) is 1. The smallest absolute Gasteiger partial charge is 0.237 e. The van der Waals surface area contributed by atoms with E-state index in [-0.39, 0.29) is 5.91 Å². The van der Waals surface area contributed by atoms with Gasteiger partial charge in [-0.25, -0.2) is 0 Å². The van der Waals surface area contributed by atoms with Gasteiger partial charge in [0.15, 0.2) is 0 Å². The van der Waals surface area contributed by atoms with Gasteiger partial charge in [0.05, 0.1) is 5.54 Å². The number of hydrogen-bond acceptors (Lipinski definition) is 3. The van der Waals surface area contributed by atoms with E-state index in [1.807, 2.05) is 6.92 Å². The molecule has 3 atom stereocenters. The van der Waals surface area contributed by atoms with Crippen LogP contribution in [-0.2, 0) is 4.79 Å². The summed E-state index contributed by atoms with van der Waals surface area (Å²) >= 11 is 0. The van der Waals surface area contributed by atoms with E-state index < -0.39 is 5.54 Å². The molecule has 1 amide bonds. The van der Waals surface area contributed by atoms with Crippen LogP contribution < -0.4 is 11.1 Å². The number of rotatable bonds is 7. The second-order valence-electron chi connectivity index (χ2n) is 6.45. The van der Waals surface area contributed by atoms with Crippen molar-refractivity contribution >= 4 is 5.91 Å². The zero-order valence-corrected chi connectivity index (χ0v) is 13.0. The summed E-state index contributed by atoms with van der Waals surface area (Å²) in [6, 6.07) is 0. The first kappa shape index (κ1) is 16.4. The quantitative estimate of drug-likeness (QED) is 0.690. The number of amides is 1. The minimum absolute atomic E-state index is 0.254. The summed E-state index contributed by atoms with van der Waals surface area (Å²) in [4.78, 5) is 13.9. The zero-order chi connectivity index (χ0) is 14.5. The van der Waals surface area contributed by atoms with E-state index in [9.17, 15) is 4.79 Å². The molecule has 0 saturated carbocycles. The molecule has 0 spiro atoms. The fourth-order valence-electron chi connectivity index (χ4n) is 2.74. The summed E-state index contributed by atoms with van der Waals surface area (Å²) < 4.78 is 0. The van der Waals surface area contributed by atoms with Crippen molar-refractivity contribution in [2.24, 2.45) is 17.6 Å². The van der Waals surface area contributed by atoms with Crippen LogP contribution in [0.3, 0.4) is 0 Å². The second kappa shape index (κ2) is 7.25. The van der Waals surface area contributed by atoms with Gasteiger partial charge in [0.1, 0.15) is 0 Å². The molecule has 19 heavy (non-hydrogen) atoms. The fourth-order valence-corrected chi connectivity index (χ4v) is 2.74. The first-order chi connectivity index (χ1) is 8.89. The fraction of sp³-hybridized carbons (Fsp3) is 0.933. The Kier molecular flexibility index (Phi) is 6.27. The van der Waals surface area contributed by atoms with Gasteiger partial charge < -0.3 is 16.0 Å². The maximum Gasteiger partial charge on any atom is 0.237 e. The van der Waals surface area contributed by atoms with Crippen molar-refractivity contribution in [3.05, 3.63) is 0 Å². The van der Waals surface area contributed by atoms with E-state index in [0.717, 1.165) is 37.6 Å². The number of carbonyl (C=O) groups is 1. The van der Waals surface area contributed by atoms with E-state index in [4.69, 9.17) is 5.73 Å². The van der Waals surface area contributed by atoms with Gasteiger partial charge >= 0.3 is 0 Å². The molecular formula is C15H31N3O. The molecule has 0 aromatic rings. The minimum Gasteiger partial charge on any atom is -0.368 e. The van der Waals surface area contributed by atoms with Crippen LogP contribution in [-0.4, -0.2) is 43.0 Å². The third-order valence-corrected chi connectivity index (χ3v) is 4.91. The van der Waals surface area contributed by atoms with Gasteiger partial charge in [-0.1, -0.05) is 13.8 Å². The number of piperidine rings is 1. The number of carbonyl (C=O) groups excluding carboxylic acids is 1. The number of likely N-dealkylation sites (N-methyl/N-ethyl adjacent to an activating group) is 1. The molecule has 112 valence electrons. The van der Waals surface area contributed by atoms with Crippen LogP contribution >= 0.6 is 0 Å². The maximum absolute atomic E-state index is 11.4. The monoisotopic (exact) mass is 269 g/mol. The molecule has 1 aliphatic rings. The topological polar surface area (TPSA) is 58.4 Å². The van der Waals surface area contributed by atoms with Crippen LogP contribution in [0.5, 0.6) is 0 Å². The van der Waals surface area contributed by atoms with Crippen molar-refractivity contribution in [2.75, 3.05) is 26.7 Å². The third kappa shape index (κ3) is 4.77. The van der Waals surface area contributed by atoms with E-state index >= 15 is 0 Å². The normalized spacial score (nSPS) is 28.0. The van der Waals surface area contributed by atoms with Crippen LogP contribution in [0.2, 0.25) is 0 Å². The number of hydrogen-bond donors (Lipinski definition) is 2. The Morgan fingerprint density at radius 1 is 1.37 bits per heavy atom. The predicted molar refractivity (Wildman–Crippen MR) is 79.9 cm³/mol. The summed E-state index contributed by atoms with van der Waals surface area (Å²) in [7, 11) is 1.80. The van der Waals surface area contributed by atoms with Crippen LogP contribution in [0, 0.1) is 11.8 Å². The maximum atomic E-state index is 11.4. The molecule has 1 saturated heterocycles. The Hall–Kier alpha value is -0.610. The number of nitrogens with zero attached hydrogens (tertiary/aromatic N) is 1. The van der Waals surface area contributed by atoms with Crippen molar-refractivity contribution in [3.63, 3.8) is 0 Å². The molecule has 4 nitrogen and oxygen atoms in total. The Bertz CT molecular complexity index is 295. The SMILES string of the molecule is CNC(C)(CCCCN1CCC(C)C(C)C1)C(N)=O. The average molecular weight is 269 g/mol. The van der Waals surface area contributed by atoms with Gasteiger partial charge in [0.25, 0.3) is 0 Å². The molecule has 0 aromatic carbocycles. The molecule has 3 N–H and O–H groups in total.